The van der Waals surface area contributed by atoms with Crippen molar-refractivity contribution in [1.82, 2.24) is 5.32 Å². The minimum absolute atomic E-state index is 0.0844. The van der Waals surface area contributed by atoms with E-state index in [0.29, 0.717) is 11.4 Å². The molecule has 3 N–H and O–H groups in total. The third-order valence-corrected chi connectivity index (χ3v) is 6.88. The number of hydrogen-bond donors (Lipinski definition) is 3. The molecule has 0 fully saturated rings. The summed E-state index contributed by atoms with van der Waals surface area (Å²) in [6.45, 7) is 4.87. The van der Waals surface area contributed by atoms with E-state index in [0.717, 1.165) is 35.2 Å². The van der Waals surface area contributed by atoms with Crippen molar-refractivity contribution in [3.63, 3.8) is 0 Å². The lowest BCUT2D eigenvalue weighted by Gasteiger charge is -2.13. The molecule has 3 aromatic rings. The molecule has 6 heteroatoms. The Morgan fingerprint density at radius 2 is 1.62 bits per heavy atom. The van der Waals surface area contributed by atoms with Gasteiger partial charge in [0.2, 0.25) is 0 Å². The molecule has 168 valence electrons. The number of hydrogen-bond acceptors (Lipinski definition) is 4. The highest BCUT2D eigenvalue weighted by Crippen LogP contribution is 2.26. The molecule has 3 aromatic carbocycles. The predicted molar refractivity (Wildman–Crippen MR) is 128 cm³/mol. The first-order chi connectivity index (χ1) is 15.4. The Balaban J connectivity index is 1.62. The molecule has 32 heavy (non-hydrogen) atoms. The summed E-state index contributed by atoms with van der Waals surface area (Å²) in [5.41, 5.74) is 3.93. The van der Waals surface area contributed by atoms with E-state index in [-0.39, 0.29) is 10.8 Å². The highest BCUT2D eigenvalue weighted by molar-refractivity contribution is 7.85. The van der Waals surface area contributed by atoms with E-state index >= 15 is 0 Å². The van der Waals surface area contributed by atoms with Gasteiger partial charge in [-0.15, -0.1) is 0 Å². The van der Waals surface area contributed by atoms with E-state index in [1.165, 1.54) is 6.07 Å². The fourth-order valence-electron chi connectivity index (χ4n) is 3.43. The molecule has 0 saturated carbocycles. The van der Waals surface area contributed by atoms with Gasteiger partial charge < -0.3 is 15.5 Å². The first-order valence-corrected chi connectivity index (χ1v) is 11.9. The van der Waals surface area contributed by atoms with Crippen LogP contribution >= 0.6 is 0 Å². The molecule has 2 unspecified atom stereocenters. The third-order valence-electron chi connectivity index (χ3n) is 5.26. The molecule has 0 aliphatic rings. The zero-order valence-electron chi connectivity index (χ0n) is 18.3. The standard InChI is InChI=1S/C26H29NO4S/c1-18(2)32(31)25-16-22(12-13-23(25)26(29)30)20-10-8-19(9-11-20)14-15-27-17-24(28)21-6-4-3-5-7-21/h3-13,16,18,24,27-28H,14-15,17H2,1-2H3,(H,29,30). The Labute approximate surface area is 191 Å². The SMILES string of the molecule is CC(C)S(=O)c1cc(-c2ccc(CCNCC(O)c3ccccc3)cc2)ccc1C(=O)O. The van der Waals surface area contributed by atoms with Gasteiger partial charge in [0.1, 0.15) is 0 Å². The molecule has 0 aliphatic carbocycles. The van der Waals surface area contributed by atoms with Crippen LogP contribution in [0.4, 0.5) is 0 Å². The van der Waals surface area contributed by atoms with Crippen molar-refractivity contribution in [3.05, 3.63) is 89.5 Å². The van der Waals surface area contributed by atoms with Crippen LogP contribution in [0, 0.1) is 0 Å². The predicted octanol–water partition coefficient (Wildman–Crippen LogP) is 4.43. The van der Waals surface area contributed by atoms with Crippen LogP contribution < -0.4 is 5.32 Å². The number of aromatic carboxylic acids is 1. The number of aliphatic hydroxyl groups is 1. The molecule has 5 nitrogen and oxygen atoms in total. The van der Waals surface area contributed by atoms with Crippen LogP contribution in [-0.4, -0.2) is 38.7 Å². The van der Waals surface area contributed by atoms with Crippen LogP contribution in [0.5, 0.6) is 0 Å². The molecule has 0 aliphatic heterocycles. The van der Waals surface area contributed by atoms with Gasteiger partial charge in [-0.2, -0.15) is 0 Å². The average molecular weight is 452 g/mol. The monoisotopic (exact) mass is 451 g/mol. The van der Waals surface area contributed by atoms with Crippen molar-refractivity contribution in [3.8, 4) is 11.1 Å². The van der Waals surface area contributed by atoms with Gasteiger partial charge in [-0.05, 0) is 47.4 Å². The summed E-state index contributed by atoms with van der Waals surface area (Å²) in [5.74, 6) is -1.07. The van der Waals surface area contributed by atoms with Crippen LogP contribution in [0.15, 0.2) is 77.7 Å². The summed E-state index contributed by atoms with van der Waals surface area (Å²) in [6, 6.07) is 22.7. The van der Waals surface area contributed by atoms with Crippen molar-refractivity contribution in [2.75, 3.05) is 13.1 Å². The minimum atomic E-state index is -1.39. The number of carboxylic acids is 1. The van der Waals surface area contributed by atoms with E-state index in [9.17, 15) is 19.2 Å². The van der Waals surface area contributed by atoms with Gasteiger partial charge in [-0.25, -0.2) is 4.79 Å². The van der Waals surface area contributed by atoms with Gasteiger partial charge >= 0.3 is 5.97 Å². The van der Waals surface area contributed by atoms with Gasteiger partial charge in [0.25, 0.3) is 0 Å². The maximum atomic E-state index is 12.6. The van der Waals surface area contributed by atoms with Crippen LogP contribution in [0.2, 0.25) is 0 Å². The second-order valence-corrected chi connectivity index (χ2v) is 9.92. The van der Waals surface area contributed by atoms with Gasteiger partial charge in [0, 0.05) is 11.8 Å². The summed E-state index contributed by atoms with van der Waals surface area (Å²) in [7, 11) is -1.39. The van der Waals surface area contributed by atoms with Crippen molar-refractivity contribution in [2.24, 2.45) is 0 Å². The molecule has 0 radical (unpaired) electrons. The lowest BCUT2D eigenvalue weighted by molar-refractivity contribution is 0.0693. The molecule has 3 rings (SSSR count). The molecule has 2 atom stereocenters. The number of carbonyl (C=O) groups is 1. The average Bonchev–Trinajstić information content (AvgIpc) is 2.81. The Morgan fingerprint density at radius 1 is 0.969 bits per heavy atom. The highest BCUT2D eigenvalue weighted by atomic mass is 32.2. The summed E-state index contributed by atoms with van der Waals surface area (Å²) < 4.78 is 12.6. The zero-order valence-corrected chi connectivity index (χ0v) is 19.1. The number of benzene rings is 3. The first kappa shape index (κ1) is 23.9. The van der Waals surface area contributed by atoms with Crippen molar-refractivity contribution < 1.29 is 19.2 Å². The molecule has 0 bridgehead atoms. The Bertz CT molecular complexity index is 1060. The van der Waals surface area contributed by atoms with E-state index < -0.39 is 22.9 Å². The van der Waals surface area contributed by atoms with Crippen molar-refractivity contribution >= 4 is 16.8 Å². The number of nitrogens with one attached hydrogen (secondary N) is 1. The van der Waals surface area contributed by atoms with Crippen LogP contribution in [0.3, 0.4) is 0 Å². The fourth-order valence-corrected chi connectivity index (χ4v) is 4.55. The van der Waals surface area contributed by atoms with Gasteiger partial charge in [0.05, 0.1) is 27.4 Å². The molecule has 0 aromatic heterocycles. The first-order valence-electron chi connectivity index (χ1n) is 10.7. The van der Waals surface area contributed by atoms with Crippen molar-refractivity contribution in [1.29, 1.82) is 0 Å². The lowest BCUT2D eigenvalue weighted by Crippen LogP contribution is -2.23. The van der Waals surface area contributed by atoms with E-state index in [1.807, 2.05) is 68.4 Å². The quantitative estimate of drug-likeness (QED) is 0.397. The Kier molecular flexibility index (Phi) is 8.33. The van der Waals surface area contributed by atoms with Gasteiger partial charge in [-0.1, -0.05) is 74.5 Å². The van der Waals surface area contributed by atoms with Gasteiger partial charge in [0.15, 0.2) is 0 Å². The molecule has 0 saturated heterocycles. The fraction of sp³-hybridized carbons (Fsp3) is 0.269. The molecular weight excluding hydrogens is 422 g/mol. The smallest absolute Gasteiger partial charge is 0.336 e. The topological polar surface area (TPSA) is 86.6 Å². The molecule has 0 heterocycles. The summed E-state index contributed by atoms with van der Waals surface area (Å²) in [5, 5.41) is 22.8. The van der Waals surface area contributed by atoms with Crippen LogP contribution in [-0.2, 0) is 17.2 Å². The number of rotatable bonds is 10. The largest absolute Gasteiger partial charge is 0.478 e. The second kappa shape index (κ2) is 11.2. The maximum absolute atomic E-state index is 12.6. The molecule has 0 amide bonds. The summed E-state index contributed by atoms with van der Waals surface area (Å²) in [6.07, 6.45) is 0.292. The Hall–Kier alpha value is -2.80. The van der Waals surface area contributed by atoms with Crippen LogP contribution in [0.1, 0.15) is 41.4 Å². The highest BCUT2D eigenvalue weighted by Gasteiger charge is 2.18. The van der Waals surface area contributed by atoms with Crippen molar-refractivity contribution in [2.45, 2.75) is 36.5 Å². The van der Waals surface area contributed by atoms with Gasteiger partial charge in [-0.3, -0.25) is 4.21 Å². The number of carboxylic acid groups (broad SMARTS) is 1. The normalized spacial score (nSPS) is 13.1. The maximum Gasteiger partial charge on any atom is 0.336 e. The summed E-state index contributed by atoms with van der Waals surface area (Å²) in [4.78, 5) is 11.9. The van der Waals surface area contributed by atoms with E-state index in [4.69, 9.17) is 0 Å². The zero-order chi connectivity index (χ0) is 23.1. The lowest BCUT2D eigenvalue weighted by atomic mass is 10.0. The molecule has 0 spiro atoms. The van der Waals surface area contributed by atoms with Crippen LogP contribution in [0.25, 0.3) is 11.1 Å². The second-order valence-electron chi connectivity index (χ2n) is 7.94. The third kappa shape index (κ3) is 6.13. The summed E-state index contributed by atoms with van der Waals surface area (Å²) >= 11 is 0. The number of aliphatic hydroxyl groups excluding tert-OH is 1. The van der Waals surface area contributed by atoms with E-state index in [2.05, 4.69) is 5.32 Å². The minimum Gasteiger partial charge on any atom is -0.478 e. The van der Waals surface area contributed by atoms with E-state index in [1.54, 1.807) is 12.1 Å². The Morgan fingerprint density at radius 3 is 2.25 bits per heavy atom. The molecular formula is C26H29NO4S.